The molecule has 1 amide bonds. The molecule has 1 aliphatic rings. The zero-order valence-corrected chi connectivity index (χ0v) is 22.9. The lowest BCUT2D eigenvalue weighted by Crippen LogP contribution is -2.28. The number of fused-ring (bicyclic) bond motifs is 4. The third-order valence-electron chi connectivity index (χ3n) is 7.09. The van der Waals surface area contributed by atoms with E-state index in [9.17, 15) is 9.59 Å². The van der Waals surface area contributed by atoms with Crippen LogP contribution >= 0.6 is 11.6 Å². The van der Waals surface area contributed by atoms with E-state index in [0.29, 0.717) is 52.6 Å². The van der Waals surface area contributed by atoms with Crippen molar-refractivity contribution < 1.29 is 4.79 Å². The lowest BCUT2D eigenvalue weighted by Gasteiger charge is -2.22. The molecule has 12 heteroatoms. The van der Waals surface area contributed by atoms with E-state index in [1.165, 1.54) is 29.8 Å². The number of amides is 1. The Kier molecular flexibility index (Phi) is 7.67. The van der Waals surface area contributed by atoms with Gasteiger partial charge in [0.1, 0.15) is 0 Å². The number of aromatic nitrogens is 5. The van der Waals surface area contributed by atoms with Crippen LogP contribution in [0.4, 0.5) is 11.4 Å². The Hall–Kier alpha value is -4.48. The molecule has 5 N–H and O–H groups in total. The summed E-state index contributed by atoms with van der Waals surface area (Å²) in [5.74, 6) is 5.83. The Bertz CT molecular complexity index is 1640. The SMILES string of the molecule is CC1CCCC(n2cnc(-c3cc(Cl)ccc3N(N)/C=C\N)cc2=O)c2cc(ccn2)-c2c(cnn2C)NC1=O. The average molecular weight is 560 g/mol. The smallest absolute Gasteiger partial charge is 0.254 e. The van der Waals surface area contributed by atoms with Crippen molar-refractivity contribution in [3.05, 3.63) is 88.6 Å². The van der Waals surface area contributed by atoms with Crippen LogP contribution in [0.2, 0.25) is 5.02 Å². The molecular formula is C28H30ClN9O2. The Labute approximate surface area is 236 Å². The molecule has 1 aliphatic heterocycles. The number of nitrogens with one attached hydrogen (secondary N) is 1. The molecule has 3 aromatic heterocycles. The van der Waals surface area contributed by atoms with E-state index in [0.717, 1.165) is 11.3 Å². The van der Waals surface area contributed by atoms with Gasteiger partial charge in [-0.25, -0.2) is 10.8 Å². The summed E-state index contributed by atoms with van der Waals surface area (Å²) in [4.78, 5) is 35.8. The number of pyridine rings is 1. The van der Waals surface area contributed by atoms with Gasteiger partial charge in [0.2, 0.25) is 5.91 Å². The maximum atomic E-state index is 13.6. The summed E-state index contributed by atoms with van der Waals surface area (Å²) >= 11 is 6.27. The summed E-state index contributed by atoms with van der Waals surface area (Å²) in [5.41, 5.74) is 9.77. The molecule has 2 unspecified atom stereocenters. The maximum absolute atomic E-state index is 13.6. The molecule has 0 fully saturated rings. The number of hydrazine groups is 1. The minimum absolute atomic E-state index is 0.0698. The average Bonchev–Trinajstić information content (AvgIpc) is 3.30. The summed E-state index contributed by atoms with van der Waals surface area (Å²) in [6, 6.07) is 9.99. The number of nitrogens with two attached hydrogens (primary N) is 2. The number of anilines is 2. The van der Waals surface area contributed by atoms with Crippen LogP contribution in [-0.4, -0.2) is 30.2 Å². The van der Waals surface area contributed by atoms with E-state index in [2.05, 4.69) is 20.4 Å². The number of carbonyl (C=O) groups excluding carboxylic acids is 1. The summed E-state index contributed by atoms with van der Waals surface area (Å²) in [6.45, 7) is 1.90. The lowest BCUT2D eigenvalue weighted by molar-refractivity contribution is -0.119. The highest BCUT2D eigenvalue weighted by Gasteiger charge is 2.24. The molecule has 0 saturated heterocycles. The van der Waals surface area contributed by atoms with E-state index in [1.807, 2.05) is 26.1 Å². The van der Waals surface area contributed by atoms with Gasteiger partial charge in [0.25, 0.3) is 5.56 Å². The van der Waals surface area contributed by atoms with E-state index in [-0.39, 0.29) is 17.4 Å². The molecule has 4 aromatic rings. The topological polar surface area (TPSA) is 150 Å². The minimum Gasteiger partial charge on any atom is -0.403 e. The second-order valence-corrected chi connectivity index (χ2v) is 10.2. The predicted molar refractivity (Wildman–Crippen MR) is 155 cm³/mol. The van der Waals surface area contributed by atoms with Gasteiger partial charge in [-0.05, 0) is 43.2 Å². The standard InChI is InChI=1S/C28H30ClN9O2/c1-17-4-3-5-25(22-12-18(8-10-32-22)27-23(35-28(17)40)15-34-36(27)2)37-16-33-21(14-26(37)39)20-13-19(29)6-7-24(20)38(31)11-9-30/h6-17,25H,3-5,30-31H2,1-2H3,(H,35,40)/b11-9-. The molecule has 0 saturated carbocycles. The van der Waals surface area contributed by atoms with Crippen molar-refractivity contribution in [3.63, 3.8) is 0 Å². The molecule has 0 aliphatic carbocycles. The maximum Gasteiger partial charge on any atom is 0.254 e. The normalized spacial score (nSPS) is 17.6. The van der Waals surface area contributed by atoms with Gasteiger partial charge in [-0.3, -0.25) is 28.8 Å². The van der Waals surface area contributed by atoms with Crippen molar-refractivity contribution in [1.29, 1.82) is 0 Å². The van der Waals surface area contributed by atoms with Gasteiger partial charge >= 0.3 is 0 Å². The van der Waals surface area contributed by atoms with Crippen molar-refractivity contribution in [1.82, 2.24) is 24.3 Å². The number of aryl methyl sites for hydroxylation is 1. The van der Waals surface area contributed by atoms with Gasteiger partial charge in [0.15, 0.2) is 0 Å². The highest BCUT2D eigenvalue weighted by atomic mass is 35.5. The van der Waals surface area contributed by atoms with Crippen molar-refractivity contribution in [2.75, 3.05) is 10.3 Å². The second-order valence-electron chi connectivity index (χ2n) is 9.77. The Balaban J connectivity index is 1.59. The molecule has 2 atom stereocenters. The number of carbonyl (C=O) groups is 1. The van der Waals surface area contributed by atoms with E-state index < -0.39 is 6.04 Å². The van der Waals surface area contributed by atoms with Crippen LogP contribution in [0.5, 0.6) is 0 Å². The molecule has 0 radical (unpaired) electrons. The highest BCUT2D eigenvalue weighted by molar-refractivity contribution is 6.31. The lowest BCUT2D eigenvalue weighted by atomic mass is 9.97. The van der Waals surface area contributed by atoms with E-state index in [1.54, 1.807) is 39.8 Å². The number of hydrogen-bond donors (Lipinski definition) is 3. The number of benzene rings is 1. The van der Waals surface area contributed by atoms with Gasteiger partial charge < -0.3 is 11.1 Å². The summed E-state index contributed by atoms with van der Waals surface area (Å²) < 4.78 is 3.30. The molecule has 40 heavy (non-hydrogen) atoms. The number of hydrogen-bond acceptors (Lipinski definition) is 8. The first-order valence-electron chi connectivity index (χ1n) is 12.9. The van der Waals surface area contributed by atoms with Crippen LogP contribution in [0.1, 0.15) is 37.9 Å². The van der Waals surface area contributed by atoms with Crippen LogP contribution in [-0.2, 0) is 11.8 Å². The minimum atomic E-state index is -0.398. The molecule has 1 aromatic carbocycles. The molecule has 4 heterocycles. The third-order valence-corrected chi connectivity index (χ3v) is 7.32. The van der Waals surface area contributed by atoms with Crippen molar-refractivity contribution in [3.8, 4) is 22.5 Å². The molecule has 11 nitrogen and oxygen atoms in total. The predicted octanol–water partition coefficient (Wildman–Crippen LogP) is 3.82. The third kappa shape index (κ3) is 5.33. The Morgan fingerprint density at radius 1 is 1.15 bits per heavy atom. The van der Waals surface area contributed by atoms with Crippen molar-refractivity contribution >= 4 is 28.9 Å². The van der Waals surface area contributed by atoms with Gasteiger partial charge in [-0.2, -0.15) is 5.10 Å². The van der Waals surface area contributed by atoms with Gasteiger partial charge in [-0.1, -0.05) is 24.9 Å². The fourth-order valence-corrected chi connectivity index (χ4v) is 5.16. The highest BCUT2D eigenvalue weighted by Crippen LogP contribution is 2.34. The fourth-order valence-electron chi connectivity index (χ4n) is 4.99. The number of rotatable bonds is 4. The summed E-state index contributed by atoms with van der Waals surface area (Å²) in [7, 11) is 1.82. The zero-order valence-electron chi connectivity index (χ0n) is 22.2. The second kappa shape index (κ2) is 11.3. The fraction of sp³-hybridized carbons (Fsp3) is 0.250. The van der Waals surface area contributed by atoms with Crippen LogP contribution < -0.4 is 27.5 Å². The van der Waals surface area contributed by atoms with Gasteiger partial charge in [0, 0.05) is 53.8 Å². The molecule has 2 bridgehead atoms. The van der Waals surface area contributed by atoms with Gasteiger partial charge in [-0.15, -0.1) is 0 Å². The van der Waals surface area contributed by atoms with Crippen LogP contribution in [0.3, 0.4) is 0 Å². The van der Waals surface area contributed by atoms with Crippen LogP contribution in [0.15, 0.2) is 72.3 Å². The van der Waals surface area contributed by atoms with Gasteiger partial charge in [0.05, 0.1) is 47.0 Å². The number of halogens is 1. The quantitative estimate of drug-likeness (QED) is 0.252. The number of nitrogens with zero attached hydrogens (tertiary/aromatic N) is 6. The molecular weight excluding hydrogens is 530 g/mol. The van der Waals surface area contributed by atoms with Crippen molar-refractivity contribution in [2.24, 2.45) is 24.5 Å². The zero-order chi connectivity index (χ0) is 28.4. The molecule has 5 rings (SSSR count). The Morgan fingerprint density at radius 3 is 2.75 bits per heavy atom. The first-order chi connectivity index (χ1) is 19.3. The van der Waals surface area contributed by atoms with E-state index in [4.69, 9.17) is 23.2 Å². The Morgan fingerprint density at radius 2 is 1.98 bits per heavy atom. The largest absolute Gasteiger partial charge is 0.403 e. The van der Waals surface area contributed by atoms with E-state index >= 15 is 0 Å². The van der Waals surface area contributed by atoms with Crippen molar-refractivity contribution in [2.45, 2.75) is 32.2 Å². The monoisotopic (exact) mass is 559 g/mol. The van der Waals surface area contributed by atoms with Crippen LogP contribution in [0, 0.1) is 5.92 Å². The molecule has 0 spiro atoms. The summed E-state index contributed by atoms with van der Waals surface area (Å²) in [5, 5.41) is 9.18. The summed E-state index contributed by atoms with van der Waals surface area (Å²) in [6.07, 6.45) is 9.62. The first-order valence-corrected chi connectivity index (χ1v) is 13.2. The molecule has 206 valence electrons. The van der Waals surface area contributed by atoms with Crippen LogP contribution in [0.25, 0.3) is 22.5 Å². The first kappa shape index (κ1) is 27.1.